The molecule has 0 spiro atoms. The van der Waals surface area contributed by atoms with E-state index < -0.39 is 17.6 Å². The fourth-order valence-electron chi connectivity index (χ4n) is 2.35. The zero-order valence-corrected chi connectivity index (χ0v) is 17.3. The second kappa shape index (κ2) is 9.56. The zero-order chi connectivity index (χ0) is 23.3. The maximum Gasteiger partial charge on any atom is 0.417 e. The van der Waals surface area contributed by atoms with E-state index in [1.165, 1.54) is 32.4 Å². The third kappa shape index (κ3) is 5.46. The van der Waals surface area contributed by atoms with Gasteiger partial charge in [0.1, 0.15) is 5.75 Å². The lowest BCUT2D eigenvalue weighted by Crippen LogP contribution is -2.30. The molecule has 0 aliphatic rings. The predicted molar refractivity (Wildman–Crippen MR) is 107 cm³/mol. The van der Waals surface area contributed by atoms with Gasteiger partial charge < -0.3 is 14.2 Å². The van der Waals surface area contributed by atoms with E-state index in [-0.39, 0.29) is 39.9 Å². The van der Waals surface area contributed by atoms with Crippen LogP contribution in [-0.4, -0.2) is 35.1 Å². The van der Waals surface area contributed by atoms with Crippen LogP contribution in [0.5, 0.6) is 23.5 Å². The van der Waals surface area contributed by atoms with Gasteiger partial charge in [-0.25, -0.2) is 4.98 Å². The quantitative estimate of drug-likeness (QED) is 0.498. The molecular weight excluding hydrogens is 455 g/mol. The van der Waals surface area contributed by atoms with E-state index in [1.54, 1.807) is 12.1 Å². The largest absolute Gasteiger partial charge is 0.481 e. The summed E-state index contributed by atoms with van der Waals surface area (Å²) < 4.78 is 53.9. The second-order valence-electron chi connectivity index (χ2n) is 5.96. The smallest absolute Gasteiger partial charge is 0.417 e. The van der Waals surface area contributed by atoms with Crippen molar-refractivity contribution >= 4 is 23.3 Å². The van der Waals surface area contributed by atoms with Crippen LogP contribution < -0.4 is 25.1 Å². The Morgan fingerprint density at radius 3 is 2.31 bits per heavy atom. The predicted octanol–water partition coefficient (Wildman–Crippen LogP) is 4.11. The average Bonchev–Trinajstić information content (AvgIpc) is 2.77. The van der Waals surface area contributed by atoms with E-state index in [0.29, 0.717) is 12.3 Å². The van der Waals surface area contributed by atoms with Crippen molar-refractivity contribution in [2.24, 2.45) is 0 Å². The topological polar surface area (TPSA) is 107 Å². The SMILES string of the molecule is COc1cc(OC)nc(Oc2ccccc2C(=O)NNc2ncc(C(F)(F)F)cc2Cl)n1. The number of anilines is 1. The molecule has 0 saturated heterocycles. The maximum absolute atomic E-state index is 12.7. The van der Waals surface area contributed by atoms with Crippen molar-refractivity contribution in [2.45, 2.75) is 6.18 Å². The Hall–Kier alpha value is -3.80. The molecule has 32 heavy (non-hydrogen) atoms. The van der Waals surface area contributed by atoms with E-state index in [4.69, 9.17) is 25.8 Å². The number of ether oxygens (including phenoxy) is 3. The Kier molecular flexibility index (Phi) is 6.83. The van der Waals surface area contributed by atoms with Gasteiger partial charge in [-0.05, 0) is 18.2 Å². The molecule has 3 aromatic rings. The number of amides is 1. The molecule has 1 amide bonds. The number of alkyl halides is 3. The van der Waals surface area contributed by atoms with Crippen molar-refractivity contribution in [3.05, 3.63) is 58.7 Å². The molecule has 13 heteroatoms. The molecule has 0 saturated carbocycles. The number of hydrogen-bond acceptors (Lipinski definition) is 8. The first-order chi connectivity index (χ1) is 15.2. The van der Waals surface area contributed by atoms with Crippen LogP contribution in [0.2, 0.25) is 5.02 Å². The van der Waals surface area contributed by atoms with Crippen LogP contribution >= 0.6 is 11.6 Å². The molecule has 0 fully saturated rings. The Labute approximate surface area is 184 Å². The molecule has 9 nitrogen and oxygen atoms in total. The maximum atomic E-state index is 12.7. The molecule has 2 heterocycles. The lowest BCUT2D eigenvalue weighted by molar-refractivity contribution is -0.137. The minimum atomic E-state index is -4.60. The number of pyridine rings is 1. The van der Waals surface area contributed by atoms with E-state index in [9.17, 15) is 18.0 Å². The van der Waals surface area contributed by atoms with Gasteiger partial charge in [-0.2, -0.15) is 23.1 Å². The van der Waals surface area contributed by atoms with Gasteiger partial charge in [0.2, 0.25) is 11.8 Å². The van der Waals surface area contributed by atoms with Crippen molar-refractivity contribution in [2.75, 3.05) is 19.6 Å². The van der Waals surface area contributed by atoms with Crippen LogP contribution in [0.25, 0.3) is 0 Å². The summed E-state index contributed by atoms with van der Waals surface area (Å²) in [6, 6.07) is 8.13. The molecular formula is C19H15ClF3N5O4. The lowest BCUT2D eigenvalue weighted by atomic mass is 10.2. The number of benzene rings is 1. The molecule has 2 N–H and O–H groups in total. The molecule has 0 aliphatic heterocycles. The minimum absolute atomic E-state index is 0.0634. The van der Waals surface area contributed by atoms with Crippen LogP contribution in [0, 0.1) is 0 Å². The summed E-state index contributed by atoms with van der Waals surface area (Å²) in [5.41, 5.74) is 3.72. The van der Waals surface area contributed by atoms with Crippen LogP contribution in [-0.2, 0) is 6.18 Å². The van der Waals surface area contributed by atoms with Gasteiger partial charge in [0.05, 0.1) is 36.4 Å². The number of carbonyl (C=O) groups excluding carboxylic acids is 1. The number of nitrogens with zero attached hydrogens (tertiary/aromatic N) is 3. The lowest BCUT2D eigenvalue weighted by Gasteiger charge is -2.13. The Bertz CT molecular complexity index is 1110. The summed E-state index contributed by atoms with van der Waals surface area (Å²) in [6.07, 6.45) is -4.01. The van der Waals surface area contributed by atoms with Crippen LogP contribution in [0.3, 0.4) is 0 Å². The highest BCUT2D eigenvalue weighted by atomic mass is 35.5. The number of hydrazine groups is 1. The molecule has 168 valence electrons. The van der Waals surface area contributed by atoms with Crippen molar-refractivity contribution in [3.8, 4) is 23.5 Å². The van der Waals surface area contributed by atoms with Gasteiger partial charge in [0, 0.05) is 6.20 Å². The third-order valence-corrected chi connectivity index (χ3v) is 4.16. The number of para-hydroxylation sites is 1. The van der Waals surface area contributed by atoms with Gasteiger partial charge in [-0.3, -0.25) is 15.6 Å². The monoisotopic (exact) mass is 469 g/mol. The van der Waals surface area contributed by atoms with Gasteiger partial charge in [0.15, 0.2) is 5.82 Å². The highest BCUT2D eigenvalue weighted by Gasteiger charge is 2.31. The number of hydrogen-bond donors (Lipinski definition) is 2. The molecule has 0 aliphatic carbocycles. The molecule has 0 radical (unpaired) electrons. The molecule has 1 aromatic carbocycles. The Balaban J connectivity index is 1.77. The van der Waals surface area contributed by atoms with Crippen molar-refractivity contribution < 1.29 is 32.2 Å². The molecule has 0 bridgehead atoms. The van der Waals surface area contributed by atoms with E-state index in [2.05, 4.69) is 25.8 Å². The van der Waals surface area contributed by atoms with Gasteiger partial charge >= 0.3 is 12.2 Å². The first-order valence-corrected chi connectivity index (χ1v) is 9.12. The number of nitrogens with one attached hydrogen (secondary N) is 2. The standard InChI is InChI=1S/C19H15ClF3N5O4/c1-30-14-8-15(31-2)26-18(25-14)32-13-6-4-3-5-11(13)17(29)28-27-16-12(20)7-10(9-24-16)19(21,22)23/h3-9H,1-2H3,(H,24,27)(H,28,29). The highest BCUT2D eigenvalue weighted by Crippen LogP contribution is 2.32. The number of methoxy groups -OCH3 is 2. The number of carbonyl (C=O) groups is 1. The highest BCUT2D eigenvalue weighted by molar-refractivity contribution is 6.33. The fraction of sp³-hybridized carbons (Fsp3) is 0.158. The van der Waals surface area contributed by atoms with Crippen LogP contribution in [0.4, 0.5) is 19.0 Å². The summed E-state index contributed by atoms with van der Waals surface area (Å²) in [5.74, 6) is -0.411. The summed E-state index contributed by atoms with van der Waals surface area (Å²) in [4.78, 5) is 24.3. The van der Waals surface area contributed by atoms with Crippen molar-refractivity contribution in [1.82, 2.24) is 20.4 Å². The summed E-state index contributed by atoms with van der Waals surface area (Å²) >= 11 is 5.82. The Morgan fingerprint density at radius 1 is 1.06 bits per heavy atom. The van der Waals surface area contributed by atoms with E-state index in [1.807, 2.05) is 0 Å². The van der Waals surface area contributed by atoms with Gasteiger partial charge in [-0.1, -0.05) is 23.7 Å². The summed E-state index contributed by atoms with van der Waals surface area (Å²) in [5, 5.41) is -0.332. The number of rotatable bonds is 7. The van der Waals surface area contributed by atoms with Gasteiger partial charge in [-0.15, -0.1) is 0 Å². The zero-order valence-electron chi connectivity index (χ0n) is 16.5. The first-order valence-electron chi connectivity index (χ1n) is 8.74. The fourth-order valence-corrected chi connectivity index (χ4v) is 2.56. The van der Waals surface area contributed by atoms with Crippen molar-refractivity contribution in [3.63, 3.8) is 0 Å². The molecule has 2 aromatic heterocycles. The van der Waals surface area contributed by atoms with E-state index in [0.717, 1.165) is 0 Å². The minimum Gasteiger partial charge on any atom is -0.481 e. The third-order valence-electron chi connectivity index (χ3n) is 3.87. The number of aromatic nitrogens is 3. The normalized spacial score (nSPS) is 10.9. The van der Waals surface area contributed by atoms with Crippen molar-refractivity contribution in [1.29, 1.82) is 0 Å². The molecule has 3 rings (SSSR count). The number of halogens is 4. The second-order valence-corrected chi connectivity index (χ2v) is 6.37. The van der Waals surface area contributed by atoms with Crippen LogP contribution in [0.15, 0.2) is 42.6 Å². The average molecular weight is 470 g/mol. The van der Waals surface area contributed by atoms with Gasteiger partial charge in [0.25, 0.3) is 5.91 Å². The van der Waals surface area contributed by atoms with E-state index >= 15 is 0 Å². The molecule has 0 unspecified atom stereocenters. The molecule has 0 atom stereocenters. The summed E-state index contributed by atoms with van der Waals surface area (Å²) in [7, 11) is 2.80. The van der Waals surface area contributed by atoms with Crippen LogP contribution in [0.1, 0.15) is 15.9 Å². The summed E-state index contributed by atoms with van der Waals surface area (Å²) in [6.45, 7) is 0. The Morgan fingerprint density at radius 2 is 1.72 bits per heavy atom. The first kappa shape index (κ1) is 22.9.